The minimum atomic E-state index is -0.291. The first-order chi connectivity index (χ1) is 12.7. The van der Waals surface area contributed by atoms with Crippen LogP contribution in [-0.2, 0) is 16.8 Å². The molecule has 1 saturated heterocycles. The van der Waals surface area contributed by atoms with E-state index in [-0.39, 0.29) is 5.60 Å². The van der Waals surface area contributed by atoms with Gasteiger partial charge in [-0.15, -0.1) is 10.2 Å². The molecular weight excluding hydrogens is 348 g/mol. The van der Waals surface area contributed by atoms with Gasteiger partial charge in [0.2, 0.25) is 10.3 Å². The van der Waals surface area contributed by atoms with E-state index in [1.165, 1.54) is 16.9 Å². The summed E-state index contributed by atoms with van der Waals surface area (Å²) in [6.07, 6.45) is 4.86. The van der Waals surface area contributed by atoms with Gasteiger partial charge in [0.1, 0.15) is 5.60 Å². The lowest BCUT2D eigenvalue weighted by molar-refractivity contribution is -0.0797. The highest BCUT2D eigenvalue weighted by Crippen LogP contribution is 2.42. The molecule has 2 aliphatic rings. The van der Waals surface area contributed by atoms with Crippen LogP contribution in [0.4, 0.5) is 10.3 Å². The van der Waals surface area contributed by atoms with Crippen LogP contribution in [0.2, 0.25) is 0 Å². The second-order valence-corrected chi connectivity index (χ2v) is 7.77. The molecule has 0 aliphatic carbocycles. The number of aromatic nitrogens is 4. The lowest BCUT2D eigenvalue weighted by Gasteiger charge is -2.42. The summed E-state index contributed by atoms with van der Waals surface area (Å²) in [4.78, 5) is 2.24. The number of benzene rings is 1. The average Bonchev–Trinajstić information content (AvgIpc) is 3.31. The molecule has 0 saturated carbocycles. The van der Waals surface area contributed by atoms with Crippen molar-refractivity contribution >= 4 is 21.6 Å². The summed E-state index contributed by atoms with van der Waals surface area (Å²) in [7, 11) is 0. The molecule has 0 radical (unpaired) electrons. The highest BCUT2D eigenvalue weighted by Gasteiger charge is 2.43. The van der Waals surface area contributed by atoms with Gasteiger partial charge in [-0.2, -0.15) is 5.10 Å². The number of nitrogens with two attached hydrogens (primary N) is 1. The van der Waals surface area contributed by atoms with E-state index < -0.39 is 0 Å². The van der Waals surface area contributed by atoms with Gasteiger partial charge in [-0.05, 0) is 37.0 Å². The molecule has 0 amide bonds. The number of nitrogen functional groups attached to an aromatic ring is 1. The fourth-order valence-electron chi connectivity index (χ4n) is 3.91. The van der Waals surface area contributed by atoms with E-state index >= 15 is 0 Å². The van der Waals surface area contributed by atoms with Gasteiger partial charge in [0.15, 0.2) is 0 Å². The van der Waals surface area contributed by atoms with Crippen LogP contribution in [0.3, 0.4) is 0 Å². The first-order valence-electron chi connectivity index (χ1n) is 8.86. The molecule has 4 heterocycles. The Labute approximate surface area is 155 Å². The topological polar surface area (TPSA) is 82.1 Å². The molecular formula is C18H20N6OS. The third kappa shape index (κ3) is 2.57. The van der Waals surface area contributed by atoms with E-state index in [1.54, 1.807) is 0 Å². The molecule has 134 valence electrons. The summed E-state index contributed by atoms with van der Waals surface area (Å²) >= 11 is 1.44. The van der Waals surface area contributed by atoms with E-state index in [9.17, 15) is 0 Å². The Kier molecular flexibility index (Phi) is 3.68. The highest BCUT2D eigenvalue weighted by atomic mass is 32.1. The summed E-state index contributed by atoms with van der Waals surface area (Å²) in [5.41, 5.74) is 8.92. The van der Waals surface area contributed by atoms with E-state index in [0.717, 1.165) is 55.5 Å². The molecule has 0 unspecified atom stereocenters. The van der Waals surface area contributed by atoms with Gasteiger partial charge >= 0.3 is 0 Å². The van der Waals surface area contributed by atoms with E-state index in [0.29, 0.717) is 5.13 Å². The van der Waals surface area contributed by atoms with Crippen LogP contribution >= 0.6 is 11.3 Å². The monoisotopic (exact) mass is 368 g/mol. The third-order valence-electron chi connectivity index (χ3n) is 5.26. The largest absolute Gasteiger partial charge is 0.374 e. The molecule has 5 rings (SSSR count). The molecule has 0 atom stereocenters. The van der Waals surface area contributed by atoms with Crippen molar-refractivity contribution in [3.63, 3.8) is 0 Å². The molecule has 0 bridgehead atoms. The molecule has 3 aromatic rings. The zero-order chi connectivity index (χ0) is 17.6. The van der Waals surface area contributed by atoms with Gasteiger partial charge < -0.3 is 15.4 Å². The Morgan fingerprint density at radius 1 is 1.12 bits per heavy atom. The van der Waals surface area contributed by atoms with E-state index in [4.69, 9.17) is 15.6 Å². The van der Waals surface area contributed by atoms with Gasteiger partial charge in [-0.1, -0.05) is 29.5 Å². The van der Waals surface area contributed by atoms with Crippen molar-refractivity contribution in [1.29, 1.82) is 0 Å². The minimum Gasteiger partial charge on any atom is -0.374 e. The molecule has 2 N–H and O–H groups in total. The van der Waals surface area contributed by atoms with E-state index in [1.807, 2.05) is 22.9 Å². The van der Waals surface area contributed by atoms with Crippen LogP contribution in [0, 0.1) is 0 Å². The van der Waals surface area contributed by atoms with Crippen LogP contribution in [0.25, 0.3) is 5.69 Å². The number of nitrogens with zero attached hydrogens (tertiary/aromatic N) is 5. The molecule has 26 heavy (non-hydrogen) atoms. The average molecular weight is 368 g/mol. The maximum absolute atomic E-state index is 6.31. The third-order valence-corrected chi connectivity index (χ3v) is 6.08. The molecule has 7 nitrogen and oxygen atoms in total. The Bertz CT molecular complexity index is 913. The summed E-state index contributed by atoms with van der Waals surface area (Å²) in [5.74, 6) is 0. The smallest absolute Gasteiger partial charge is 0.209 e. The predicted molar refractivity (Wildman–Crippen MR) is 101 cm³/mol. The number of hydrogen-bond donors (Lipinski definition) is 1. The normalized spacial score (nSPS) is 18.8. The molecule has 2 aliphatic heterocycles. The molecule has 8 heteroatoms. The Morgan fingerprint density at radius 2 is 1.92 bits per heavy atom. The zero-order valence-electron chi connectivity index (χ0n) is 14.3. The Morgan fingerprint density at radius 3 is 2.65 bits per heavy atom. The summed E-state index contributed by atoms with van der Waals surface area (Å²) < 4.78 is 8.30. The molecule has 2 aromatic heterocycles. The fraction of sp³-hybridized carbons (Fsp3) is 0.389. The van der Waals surface area contributed by atoms with Crippen LogP contribution < -0.4 is 10.6 Å². The number of hydrogen-bond acceptors (Lipinski definition) is 7. The number of para-hydroxylation sites is 1. The van der Waals surface area contributed by atoms with Gasteiger partial charge in [0.25, 0.3) is 0 Å². The Hall–Kier alpha value is -2.45. The standard InChI is InChI=1S/C18H20N6OS/c19-16-20-21-17(26-16)23-9-7-18(8-10-23)15-13(6-11-25-18)12-24(22-15)14-4-2-1-3-5-14/h1-5,12H,6-11H2,(H2,19,20). The van der Waals surface area contributed by atoms with Crippen molar-refractivity contribution in [2.75, 3.05) is 30.3 Å². The SMILES string of the molecule is Nc1nnc(N2CCC3(CC2)OCCc2cn(-c4ccccc4)nc23)s1. The van der Waals surface area contributed by atoms with Crippen molar-refractivity contribution in [2.45, 2.75) is 24.9 Å². The van der Waals surface area contributed by atoms with Gasteiger partial charge in [0, 0.05) is 19.3 Å². The van der Waals surface area contributed by atoms with Crippen molar-refractivity contribution in [2.24, 2.45) is 0 Å². The maximum Gasteiger partial charge on any atom is 0.209 e. The second-order valence-electron chi connectivity index (χ2n) is 6.79. The molecule has 1 aromatic carbocycles. The lowest BCUT2D eigenvalue weighted by Crippen LogP contribution is -2.46. The zero-order valence-corrected chi connectivity index (χ0v) is 15.2. The maximum atomic E-state index is 6.31. The van der Waals surface area contributed by atoms with Crippen molar-refractivity contribution < 1.29 is 4.74 Å². The second kappa shape index (κ2) is 6.07. The Balaban J connectivity index is 1.43. The summed E-state index contributed by atoms with van der Waals surface area (Å²) in [6, 6.07) is 10.2. The first kappa shape index (κ1) is 15.8. The minimum absolute atomic E-state index is 0.291. The number of fused-ring (bicyclic) bond motifs is 2. The van der Waals surface area contributed by atoms with Gasteiger partial charge in [-0.25, -0.2) is 4.68 Å². The lowest BCUT2D eigenvalue weighted by atomic mass is 9.84. The number of anilines is 2. The van der Waals surface area contributed by atoms with Gasteiger partial charge in [-0.3, -0.25) is 0 Å². The fourth-order valence-corrected chi connectivity index (χ4v) is 4.57. The molecule has 1 fully saturated rings. The molecule has 1 spiro atoms. The van der Waals surface area contributed by atoms with Crippen molar-refractivity contribution in [1.82, 2.24) is 20.0 Å². The van der Waals surface area contributed by atoms with Crippen molar-refractivity contribution in [3.8, 4) is 5.69 Å². The van der Waals surface area contributed by atoms with Crippen molar-refractivity contribution in [3.05, 3.63) is 47.8 Å². The quantitative estimate of drug-likeness (QED) is 0.748. The van der Waals surface area contributed by atoms with E-state index in [2.05, 4.69) is 33.4 Å². The summed E-state index contributed by atoms with van der Waals surface area (Å²) in [6.45, 7) is 2.48. The van der Waals surface area contributed by atoms with Crippen LogP contribution in [0.5, 0.6) is 0 Å². The van der Waals surface area contributed by atoms with Gasteiger partial charge in [0.05, 0.1) is 18.0 Å². The number of ether oxygens (including phenoxy) is 1. The highest BCUT2D eigenvalue weighted by molar-refractivity contribution is 7.18. The number of piperidine rings is 1. The first-order valence-corrected chi connectivity index (χ1v) is 9.67. The van der Waals surface area contributed by atoms with Crippen LogP contribution in [0.15, 0.2) is 36.5 Å². The number of rotatable bonds is 2. The summed E-state index contributed by atoms with van der Waals surface area (Å²) in [5, 5.41) is 14.4. The predicted octanol–water partition coefficient (Wildman–Crippen LogP) is 2.37. The van der Waals surface area contributed by atoms with Crippen LogP contribution in [0.1, 0.15) is 24.1 Å². The van der Waals surface area contributed by atoms with Crippen LogP contribution in [-0.4, -0.2) is 39.7 Å².